The van der Waals surface area contributed by atoms with Gasteiger partial charge in [0, 0.05) is 17.5 Å². The zero-order valence-corrected chi connectivity index (χ0v) is 17.7. The summed E-state index contributed by atoms with van der Waals surface area (Å²) < 4.78 is 46.5. The minimum absolute atomic E-state index is 0.168. The number of fused-ring (bicyclic) bond motifs is 1. The summed E-state index contributed by atoms with van der Waals surface area (Å²) >= 11 is 0. The summed E-state index contributed by atoms with van der Waals surface area (Å²) in [4.78, 5) is 12.4. The molecule has 0 bridgehead atoms. The Hall–Kier alpha value is -3.49. The van der Waals surface area contributed by atoms with Crippen LogP contribution in [-0.4, -0.2) is 31.3 Å². The van der Waals surface area contributed by atoms with E-state index in [1.54, 1.807) is 6.20 Å². The minimum atomic E-state index is -4.58. The lowest BCUT2D eigenvalue weighted by Crippen LogP contribution is -2.12. The molecule has 0 spiro atoms. The predicted molar refractivity (Wildman–Crippen MR) is 115 cm³/mol. The summed E-state index contributed by atoms with van der Waals surface area (Å²) in [5.41, 5.74) is 2.01. The maximum atomic E-state index is 13.2. The Bertz CT molecular complexity index is 1240. The van der Waals surface area contributed by atoms with Crippen molar-refractivity contribution >= 4 is 10.9 Å². The second-order valence-electron chi connectivity index (χ2n) is 7.25. The van der Waals surface area contributed by atoms with Crippen LogP contribution in [0.4, 0.5) is 13.2 Å². The highest BCUT2D eigenvalue weighted by atomic mass is 19.4. The van der Waals surface area contributed by atoms with Crippen molar-refractivity contribution in [1.29, 1.82) is 0 Å². The third-order valence-corrected chi connectivity index (χ3v) is 4.96. The minimum Gasteiger partial charge on any atom is -0.493 e. The summed E-state index contributed by atoms with van der Waals surface area (Å²) in [7, 11) is 0. The number of halogens is 3. The van der Waals surface area contributed by atoms with Gasteiger partial charge in [0.25, 0.3) is 5.95 Å². The number of rotatable bonds is 7. The van der Waals surface area contributed by atoms with Crippen LogP contribution < -0.4 is 4.74 Å². The number of hydrogen-bond acceptors (Lipinski definition) is 5. The summed E-state index contributed by atoms with van der Waals surface area (Å²) in [5, 5.41) is 4.90. The van der Waals surface area contributed by atoms with Gasteiger partial charge in [0.2, 0.25) is 0 Å². The van der Waals surface area contributed by atoms with E-state index in [1.807, 2.05) is 37.3 Å². The van der Waals surface area contributed by atoms with E-state index >= 15 is 0 Å². The second kappa shape index (κ2) is 8.94. The molecule has 6 nitrogen and oxygen atoms in total. The standard InChI is InChI=1S/C23H22F3N5O/c1-3-5-7-16-8-6-9-18(29-16)15-12-19-17(20(13-15)32-4-2)14-28-31(19)22-27-11-10-21(30-22)23(24,25)26/h6,8-14H,3-5,7H2,1-2H3. The molecule has 4 rings (SSSR count). The van der Waals surface area contributed by atoms with Crippen LogP contribution in [0.15, 0.2) is 48.8 Å². The first-order chi connectivity index (χ1) is 15.4. The molecule has 0 aliphatic rings. The smallest absolute Gasteiger partial charge is 0.433 e. The fourth-order valence-corrected chi connectivity index (χ4v) is 3.42. The number of ether oxygens (including phenoxy) is 1. The van der Waals surface area contributed by atoms with Gasteiger partial charge in [-0.05, 0) is 50.1 Å². The SMILES string of the molecule is CCCCc1cccc(-c2cc(OCC)c3cnn(-c4nccc(C(F)(F)F)n4)c3c2)n1. The Morgan fingerprint density at radius 2 is 1.91 bits per heavy atom. The van der Waals surface area contributed by atoms with Crippen molar-refractivity contribution in [3.05, 3.63) is 60.2 Å². The molecule has 0 radical (unpaired) electrons. The zero-order chi connectivity index (χ0) is 22.7. The van der Waals surface area contributed by atoms with Gasteiger partial charge in [0.15, 0.2) is 0 Å². The molecule has 3 heterocycles. The van der Waals surface area contributed by atoms with Gasteiger partial charge in [0.1, 0.15) is 11.4 Å². The van der Waals surface area contributed by atoms with Crippen molar-refractivity contribution in [3.8, 4) is 23.0 Å². The molecule has 0 aliphatic carbocycles. The number of alkyl halides is 3. The number of nitrogens with zero attached hydrogens (tertiary/aromatic N) is 5. The first kappa shape index (κ1) is 21.7. The lowest BCUT2D eigenvalue weighted by Gasteiger charge is -2.11. The van der Waals surface area contributed by atoms with Crippen LogP contribution in [0, 0.1) is 0 Å². The van der Waals surface area contributed by atoms with Crippen LogP contribution in [-0.2, 0) is 12.6 Å². The summed E-state index contributed by atoms with van der Waals surface area (Å²) in [6.07, 6.45) is 1.03. The summed E-state index contributed by atoms with van der Waals surface area (Å²) in [6.45, 7) is 4.42. The van der Waals surface area contributed by atoms with Crippen LogP contribution in [0.2, 0.25) is 0 Å². The quantitative estimate of drug-likeness (QED) is 0.371. The molecular formula is C23H22F3N5O. The monoisotopic (exact) mass is 441 g/mol. The van der Waals surface area contributed by atoms with Gasteiger partial charge in [-0.25, -0.2) is 9.97 Å². The Balaban J connectivity index is 1.85. The molecule has 0 N–H and O–H groups in total. The van der Waals surface area contributed by atoms with E-state index in [0.717, 1.165) is 48.5 Å². The molecule has 3 aromatic heterocycles. The van der Waals surface area contributed by atoms with Crippen molar-refractivity contribution in [2.24, 2.45) is 0 Å². The van der Waals surface area contributed by atoms with E-state index < -0.39 is 11.9 Å². The van der Waals surface area contributed by atoms with Crippen LogP contribution in [0.3, 0.4) is 0 Å². The highest BCUT2D eigenvalue weighted by molar-refractivity contribution is 5.90. The number of hydrogen-bond donors (Lipinski definition) is 0. The average Bonchev–Trinajstić information content (AvgIpc) is 3.22. The molecule has 0 aliphatic heterocycles. The lowest BCUT2D eigenvalue weighted by atomic mass is 10.1. The largest absolute Gasteiger partial charge is 0.493 e. The Kier molecular flexibility index (Phi) is 6.07. The van der Waals surface area contributed by atoms with Gasteiger partial charge in [0.05, 0.1) is 29.4 Å². The van der Waals surface area contributed by atoms with E-state index in [2.05, 4.69) is 22.0 Å². The molecule has 0 amide bonds. The van der Waals surface area contributed by atoms with Gasteiger partial charge in [-0.2, -0.15) is 23.0 Å². The molecule has 1 aromatic carbocycles. The van der Waals surface area contributed by atoms with E-state index in [1.165, 1.54) is 4.68 Å². The summed E-state index contributed by atoms with van der Waals surface area (Å²) in [6, 6.07) is 10.4. The van der Waals surface area contributed by atoms with Crippen LogP contribution in [0.1, 0.15) is 38.1 Å². The predicted octanol–water partition coefficient (Wildman–Crippen LogP) is 5.64. The summed E-state index contributed by atoms with van der Waals surface area (Å²) in [5.74, 6) is 0.401. The third-order valence-electron chi connectivity index (χ3n) is 4.96. The zero-order valence-electron chi connectivity index (χ0n) is 17.7. The fourth-order valence-electron chi connectivity index (χ4n) is 3.42. The van der Waals surface area contributed by atoms with Gasteiger partial charge >= 0.3 is 6.18 Å². The van der Waals surface area contributed by atoms with E-state index in [0.29, 0.717) is 23.3 Å². The second-order valence-corrected chi connectivity index (χ2v) is 7.25. The Morgan fingerprint density at radius 3 is 2.66 bits per heavy atom. The number of aryl methyl sites for hydroxylation is 1. The number of pyridine rings is 1. The topological polar surface area (TPSA) is 65.7 Å². The van der Waals surface area contributed by atoms with E-state index in [-0.39, 0.29) is 5.95 Å². The Labute approximate surface area is 183 Å². The first-order valence-electron chi connectivity index (χ1n) is 10.4. The number of unbranched alkanes of at least 4 members (excludes halogenated alkanes) is 1. The van der Waals surface area contributed by atoms with Crippen LogP contribution >= 0.6 is 0 Å². The number of benzene rings is 1. The lowest BCUT2D eigenvalue weighted by molar-refractivity contribution is -0.141. The van der Waals surface area contributed by atoms with E-state index in [4.69, 9.17) is 9.72 Å². The van der Waals surface area contributed by atoms with Crippen LogP contribution in [0.25, 0.3) is 28.1 Å². The van der Waals surface area contributed by atoms with Crippen molar-refractivity contribution in [2.45, 2.75) is 39.3 Å². The van der Waals surface area contributed by atoms with E-state index in [9.17, 15) is 13.2 Å². The molecule has 0 unspecified atom stereocenters. The molecule has 4 aromatic rings. The number of aromatic nitrogens is 5. The third kappa shape index (κ3) is 4.42. The molecular weight excluding hydrogens is 419 g/mol. The molecule has 0 saturated carbocycles. The molecule has 32 heavy (non-hydrogen) atoms. The van der Waals surface area contributed by atoms with Gasteiger partial charge in [-0.3, -0.25) is 4.98 Å². The van der Waals surface area contributed by atoms with Crippen molar-refractivity contribution in [3.63, 3.8) is 0 Å². The van der Waals surface area contributed by atoms with Crippen molar-refractivity contribution < 1.29 is 17.9 Å². The van der Waals surface area contributed by atoms with Crippen LogP contribution in [0.5, 0.6) is 5.75 Å². The first-order valence-corrected chi connectivity index (χ1v) is 10.4. The maximum Gasteiger partial charge on any atom is 0.433 e. The molecule has 166 valence electrons. The molecule has 9 heteroatoms. The maximum absolute atomic E-state index is 13.2. The fraction of sp³-hybridized carbons (Fsp3) is 0.304. The normalized spacial score (nSPS) is 11.8. The average molecular weight is 441 g/mol. The highest BCUT2D eigenvalue weighted by Crippen LogP contribution is 2.33. The Morgan fingerprint density at radius 1 is 1.06 bits per heavy atom. The molecule has 0 saturated heterocycles. The molecule has 0 atom stereocenters. The van der Waals surface area contributed by atoms with Gasteiger partial charge < -0.3 is 4.74 Å². The van der Waals surface area contributed by atoms with Gasteiger partial charge in [-0.15, -0.1) is 0 Å². The highest BCUT2D eigenvalue weighted by Gasteiger charge is 2.33. The molecule has 0 fully saturated rings. The van der Waals surface area contributed by atoms with Crippen molar-refractivity contribution in [2.75, 3.05) is 6.61 Å². The van der Waals surface area contributed by atoms with Crippen molar-refractivity contribution in [1.82, 2.24) is 24.7 Å². The van der Waals surface area contributed by atoms with Gasteiger partial charge in [-0.1, -0.05) is 19.4 Å².